The lowest BCUT2D eigenvalue weighted by molar-refractivity contribution is -0.329. The van der Waals surface area contributed by atoms with Crippen LogP contribution in [0.3, 0.4) is 0 Å². The van der Waals surface area contributed by atoms with E-state index in [0.717, 1.165) is 0 Å². The number of hydrogen-bond acceptors (Lipinski definition) is 14. The second kappa shape index (κ2) is 10.6. The summed E-state index contributed by atoms with van der Waals surface area (Å²) < 4.78 is 22.5. The summed E-state index contributed by atoms with van der Waals surface area (Å²) in [5.41, 5.74) is 16.5. The van der Waals surface area contributed by atoms with E-state index >= 15 is 0 Å². The monoisotopic (exact) mass is 482 g/mol. The molecule has 3 rings (SSSR count). The number of hydrogen-bond donors (Lipinski definition) is 10. The van der Waals surface area contributed by atoms with Crippen LogP contribution in [0.4, 0.5) is 0 Å². The number of nitrogens with two attached hydrogens (primary N) is 3. The normalized spacial score (nSPS) is 53.7. The van der Waals surface area contributed by atoms with Crippen molar-refractivity contribution < 1.29 is 49.6 Å². The highest BCUT2D eigenvalue weighted by molar-refractivity contribution is 5.02. The topological polar surface area (TPSA) is 248 Å². The molecule has 194 valence electrons. The number of likely N-dealkylation sites (N-methyl/N-ethyl adjacent to an activating group) is 1. The van der Waals surface area contributed by atoms with Gasteiger partial charge in [0.15, 0.2) is 12.6 Å². The second-order valence-corrected chi connectivity index (χ2v) is 9.30. The fourth-order valence-corrected chi connectivity index (χ4v) is 4.74. The van der Waals surface area contributed by atoms with Crippen LogP contribution < -0.4 is 22.5 Å². The minimum Gasteiger partial charge on any atom is -0.388 e. The molecular weight excluding hydrogens is 444 g/mol. The summed E-state index contributed by atoms with van der Waals surface area (Å²) in [5.74, 6) is 0. The fourth-order valence-electron chi connectivity index (χ4n) is 4.74. The van der Waals surface area contributed by atoms with E-state index in [1.165, 1.54) is 6.92 Å². The average molecular weight is 483 g/mol. The van der Waals surface area contributed by atoms with Gasteiger partial charge in [0.2, 0.25) is 0 Å². The number of rotatable bonds is 6. The summed E-state index contributed by atoms with van der Waals surface area (Å²) >= 11 is 0. The van der Waals surface area contributed by atoms with Crippen LogP contribution in [-0.2, 0) is 18.9 Å². The van der Waals surface area contributed by atoms with E-state index < -0.39 is 85.1 Å². The van der Waals surface area contributed by atoms with Gasteiger partial charge in [-0.25, -0.2) is 0 Å². The zero-order valence-corrected chi connectivity index (χ0v) is 18.7. The lowest BCUT2D eigenvalue weighted by atomic mass is 9.84. The molecule has 1 aliphatic carbocycles. The Bertz CT molecular complexity index is 646. The highest BCUT2D eigenvalue weighted by atomic mass is 16.7. The summed E-state index contributed by atoms with van der Waals surface area (Å²) in [6, 6.07) is -2.30. The molecule has 3 fully saturated rings. The predicted molar refractivity (Wildman–Crippen MR) is 111 cm³/mol. The molecule has 2 aliphatic heterocycles. The summed E-state index contributed by atoms with van der Waals surface area (Å²) in [6.07, 6.45) is -13.0. The SMILES string of the molecule is CN[C@@H]1[C@@H](O)[C@@H](O[C@@H]2[C@H](O)[C@H](O[C@H]3O[C@H](CN)[C@@H](O)[C@H](O)[C@H]3O)[C@@H](N)C[C@H]2N)OC[C@]1(C)O. The van der Waals surface area contributed by atoms with E-state index in [2.05, 4.69) is 5.32 Å². The highest BCUT2D eigenvalue weighted by Crippen LogP contribution is 2.31. The maximum Gasteiger partial charge on any atom is 0.187 e. The van der Waals surface area contributed by atoms with Crippen molar-refractivity contribution >= 4 is 0 Å². The largest absolute Gasteiger partial charge is 0.388 e. The Labute approximate surface area is 191 Å². The van der Waals surface area contributed by atoms with Crippen LogP contribution in [0.15, 0.2) is 0 Å². The van der Waals surface area contributed by atoms with Crippen molar-refractivity contribution in [2.75, 3.05) is 20.2 Å². The third kappa shape index (κ3) is 5.34. The van der Waals surface area contributed by atoms with Gasteiger partial charge in [-0.3, -0.25) is 0 Å². The van der Waals surface area contributed by atoms with Crippen LogP contribution in [0.5, 0.6) is 0 Å². The third-order valence-electron chi connectivity index (χ3n) is 6.69. The first-order valence-electron chi connectivity index (χ1n) is 11.0. The van der Waals surface area contributed by atoms with Gasteiger partial charge in [-0.05, 0) is 20.4 Å². The van der Waals surface area contributed by atoms with Gasteiger partial charge in [0.25, 0.3) is 0 Å². The minimum atomic E-state index is -1.63. The third-order valence-corrected chi connectivity index (χ3v) is 6.69. The Morgan fingerprint density at radius 2 is 1.48 bits per heavy atom. The molecule has 33 heavy (non-hydrogen) atoms. The van der Waals surface area contributed by atoms with Gasteiger partial charge < -0.3 is 72.1 Å². The van der Waals surface area contributed by atoms with Crippen molar-refractivity contribution in [3.8, 4) is 0 Å². The molecule has 1 saturated carbocycles. The molecule has 0 radical (unpaired) electrons. The molecule has 0 aromatic heterocycles. The van der Waals surface area contributed by atoms with Crippen LogP contribution in [-0.4, -0.2) is 136 Å². The summed E-state index contributed by atoms with van der Waals surface area (Å²) in [6.45, 7) is 1.22. The van der Waals surface area contributed by atoms with Crippen LogP contribution in [0.2, 0.25) is 0 Å². The maximum absolute atomic E-state index is 11.0. The first-order chi connectivity index (χ1) is 15.4. The molecule has 14 heteroatoms. The molecule has 0 spiro atoms. The second-order valence-electron chi connectivity index (χ2n) is 9.30. The Morgan fingerprint density at radius 3 is 2.03 bits per heavy atom. The molecule has 0 unspecified atom stereocenters. The van der Waals surface area contributed by atoms with Gasteiger partial charge in [0.05, 0.1) is 12.6 Å². The molecule has 2 heterocycles. The van der Waals surface area contributed by atoms with Gasteiger partial charge in [-0.1, -0.05) is 0 Å². The molecule has 2 saturated heterocycles. The van der Waals surface area contributed by atoms with E-state index in [-0.39, 0.29) is 19.6 Å². The first-order valence-corrected chi connectivity index (χ1v) is 11.0. The van der Waals surface area contributed by atoms with Crippen LogP contribution in [0.25, 0.3) is 0 Å². The number of nitrogens with one attached hydrogen (secondary N) is 1. The zero-order chi connectivity index (χ0) is 24.7. The molecule has 0 aromatic carbocycles. The fraction of sp³-hybridized carbons (Fsp3) is 1.00. The molecule has 0 aromatic rings. The Balaban J connectivity index is 1.71. The van der Waals surface area contributed by atoms with Crippen molar-refractivity contribution in [1.29, 1.82) is 0 Å². The molecule has 0 amide bonds. The molecule has 3 aliphatic rings. The van der Waals surface area contributed by atoms with Gasteiger partial charge >= 0.3 is 0 Å². The van der Waals surface area contributed by atoms with Crippen molar-refractivity contribution in [2.24, 2.45) is 17.2 Å². The predicted octanol–water partition coefficient (Wildman–Crippen LogP) is -6.00. The maximum atomic E-state index is 11.0. The molecule has 14 nitrogen and oxygen atoms in total. The highest BCUT2D eigenvalue weighted by Gasteiger charge is 2.52. The lowest BCUT2D eigenvalue weighted by Gasteiger charge is -2.48. The van der Waals surface area contributed by atoms with Gasteiger partial charge in [0, 0.05) is 18.6 Å². The molecule has 14 atom stereocenters. The Hall–Kier alpha value is -0.560. The summed E-state index contributed by atoms with van der Waals surface area (Å²) in [4.78, 5) is 0. The van der Waals surface area contributed by atoms with Crippen molar-refractivity contribution in [2.45, 2.75) is 98.5 Å². The number of aliphatic hydroxyl groups is 6. The van der Waals surface area contributed by atoms with Crippen molar-refractivity contribution in [3.05, 3.63) is 0 Å². The zero-order valence-electron chi connectivity index (χ0n) is 18.7. The first kappa shape index (κ1) is 27.0. The minimum absolute atomic E-state index is 0.138. The van der Waals surface area contributed by atoms with Gasteiger partial charge in [0.1, 0.15) is 54.4 Å². The molecular formula is C19H38N4O10. The number of ether oxygens (including phenoxy) is 4. The standard InChI is InChI=1S/C19H38N4O10/c1-19(29)5-30-17(13(28)16(19)23-2)32-14-6(21)3-7(22)15(12(14)27)33-18-11(26)10(25)9(24)8(4-20)31-18/h6-18,23-29H,3-5,20-22H2,1-2H3/t6-,7+,8-,9-,10+,11-,12+,13-,14+,15-,16-,17-,18-,19+/m1/s1. The lowest BCUT2D eigenvalue weighted by Crippen LogP contribution is -2.69. The van der Waals surface area contributed by atoms with Crippen molar-refractivity contribution in [3.63, 3.8) is 0 Å². The summed E-state index contributed by atoms with van der Waals surface area (Å²) in [5, 5.41) is 65.2. The summed E-state index contributed by atoms with van der Waals surface area (Å²) in [7, 11) is 1.57. The number of aliphatic hydroxyl groups excluding tert-OH is 5. The van der Waals surface area contributed by atoms with E-state index in [9.17, 15) is 30.6 Å². The Kier molecular flexibility index (Phi) is 8.68. The average Bonchev–Trinajstić information content (AvgIpc) is 2.75. The van der Waals surface area contributed by atoms with E-state index in [1.807, 2.05) is 0 Å². The van der Waals surface area contributed by atoms with E-state index in [0.29, 0.717) is 0 Å². The van der Waals surface area contributed by atoms with Crippen LogP contribution in [0, 0.1) is 0 Å². The van der Waals surface area contributed by atoms with Crippen LogP contribution >= 0.6 is 0 Å². The van der Waals surface area contributed by atoms with E-state index in [1.54, 1.807) is 7.05 Å². The smallest absolute Gasteiger partial charge is 0.187 e. The van der Waals surface area contributed by atoms with Gasteiger partial charge in [-0.15, -0.1) is 0 Å². The molecule has 13 N–H and O–H groups in total. The molecule has 0 bridgehead atoms. The van der Waals surface area contributed by atoms with Gasteiger partial charge in [-0.2, -0.15) is 0 Å². The van der Waals surface area contributed by atoms with Crippen LogP contribution in [0.1, 0.15) is 13.3 Å². The Morgan fingerprint density at radius 1 is 0.909 bits per heavy atom. The van der Waals surface area contributed by atoms with Crippen molar-refractivity contribution in [1.82, 2.24) is 5.32 Å². The van der Waals surface area contributed by atoms with E-state index in [4.69, 9.17) is 36.1 Å². The quantitative estimate of drug-likeness (QED) is 0.169.